The number of benzene rings is 1. The molecule has 0 unspecified atom stereocenters. The summed E-state index contributed by atoms with van der Waals surface area (Å²) in [5.74, 6) is 2.05. The van der Waals surface area contributed by atoms with E-state index in [0.29, 0.717) is 49.7 Å². The summed E-state index contributed by atoms with van der Waals surface area (Å²) in [5.41, 5.74) is 10.5. The van der Waals surface area contributed by atoms with Crippen LogP contribution in [-0.4, -0.2) is 47.2 Å². The molecule has 3 aliphatic rings. The third-order valence-electron chi connectivity index (χ3n) is 9.85. The van der Waals surface area contributed by atoms with Crippen LogP contribution < -0.4 is 11.1 Å². The molecule has 0 radical (unpaired) electrons. The van der Waals surface area contributed by atoms with Crippen molar-refractivity contribution in [1.29, 1.82) is 0 Å². The van der Waals surface area contributed by atoms with Gasteiger partial charge in [-0.2, -0.15) is 0 Å². The monoisotopic (exact) mass is 719 g/mol. The van der Waals surface area contributed by atoms with Crippen LogP contribution in [-0.2, 0) is 11.2 Å². The first kappa shape index (κ1) is 30.2. The molecule has 0 spiro atoms. The Morgan fingerprint density at radius 3 is 2.64 bits per heavy atom. The van der Waals surface area contributed by atoms with Crippen LogP contribution in [0.3, 0.4) is 0 Å². The van der Waals surface area contributed by atoms with Gasteiger partial charge in [-0.3, -0.25) is 4.79 Å². The number of aliphatic hydroxyl groups is 1. The largest absolute Gasteiger partial charge is 0.392 e. The minimum Gasteiger partial charge on any atom is -0.392 e. The number of carbonyl (C=O) groups is 1. The van der Waals surface area contributed by atoms with E-state index in [1.807, 2.05) is 0 Å². The molecule has 1 aromatic carbocycles. The maximum absolute atomic E-state index is 12.6. The van der Waals surface area contributed by atoms with Gasteiger partial charge in [0.05, 0.1) is 6.10 Å². The molecule has 1 aromatic rings. The van der Waals surface area contributed by atoms with Crippen molar-refractivity contribution in [3.05, 3.63) is 43.2 Å². The molecule has 4 N–H and O–H groups in total. The molecule has 0 aromatic heterocycles. The molecule has 2 fully saturated rings. The third-order valence-corrected chi connectivity index (χ3v) is 9.85. The number of nitrogens with one attached hydrogen (secondary N) is 1. The SMILES string of the molecule is [CH2-]CN(C[CH2-])CCC(=O)Nc1ccc2c(c1)C[C@@H](CCC(C)C)[C@@H]1[C@@H]2CC[C@]2(C)[C@@H](O)CC[C@@]12N.[U]. The Kier molecular flexibility index (Phi) is 10.2. The molecule has 0 bridgehead atoms. The number of nitrogens with two attached hydrogens (primary N) is 1. The van der Waals surface area contributed by atoms with Crippen LogP contribution in [0.15, 0.2) is 18.2 Å². The molecule has 5 nitrogen and oxygen atoms in total. The van der Waals surface area contributed by atoms with Crippen molar-refractivity contribution >= 4 is 11.6 Å². The average molecular weight is 720 g/mol. The Bertz CT molecular complexity index is 904. The van der Waals surface area contributed by atoms with E-state index in [-0.39, 0.29) is 54.1 Å². The van der Waals surface area contributed by atoms with Crippen molar-refractivity contribution < 1.29 is 41.0 Å². The van der Waals surface area contributed by atoms with Gasteiger partial charge in [0.2, 0.25) is 5.91 Å². The molecule has 6 heteroatoms. The Balaban J connectivity index is 0.00000361. The number of nitrogens with zero attached hydrogens (tertiary/aromatic N) is 1. The standard InChI is InChI=1S/C30H47N3O2.U/c1-6-33(7-2)17-14-27(35)32-23-10-11-24-22(19-23)18-21(9-8-20(3)4)28-25(24)12-15-29(5)26(34)13-16-30(28,29)31;/h10-11,19-21,25-26,28,34H,1-2,6-9,12-18,31H2,3-5H3,(H,32,35);/q-2;/t21-,25-,26+,28-,29-,30-;/m1./s1. The van der Waals surface area contributed by atoms with Crippen molar-refractivity contribution in [3.8, 4) is 0 Å². The molecule has 2 saturated carbocycles. The number of fused-ring (bicyclic) bond motifs is 5. The Morgan fingerprint density at radius 1 is 1.25 bits per heavy atom. The number of anilines is 1. The van der Waals surface area contributed by atoms with Crippen molar-refractivity contribution in [3.63, 3.8) is 0 Å². The minimum absolute atomic E-state index is 0. The molecule has 36 heavy (non-hydrogen) atoms. The average Bonchev–Trinajstić information content (AvgIpc) is 3.07. The van der Waals surface area contributed by atoms with E-state index in [9.17, 15) is 9.90 Å². The summed E-state index contributed by atoms with van der Waals surface area (Å²) in [4.78, 5) is 14.7. The van der Waals surface area contributed by atoms with Gasteiger partial charge >= 0.3 is 0 Å². The predicted octanol–water partition coefficient (Wildman–Crippen LogP) is 4.95. The fourth-order valence-electron chi connectivity index (χ4n) is 7.61. The summed E-state index contributed by atoms with van der Waals surface area (Å²) in [5, 5.41) is 14.1. The van der Waals surface area contributed by atoms with Crippen LogP contribution >= 0.6 is 0 Å². The van der Waals surface area contributed by atoms with Crippen LogP contribution in [0.2, 0.25) is 0 Å². The Hall–Kier alpha value is -0.378. The fourth-order valence-corrected chi connectivity index (χ4v) is 7.61. The summed E-state index contributed by atoms with van der Waals surface area (Å²) < 4.78 is 0. The minimum atomic E-state index is -0.310. The van der Waals surface area contributed by atoms with E-state index < -0.39 is 0 Å². The molecular formula is C30H47N3O2U-2. The van der Waals surface area contributed by atoms with Gasteiger partial charge in [-0.25, -0.2) is 0 Å². The summed E-state index contributed by atoms with van der Waals surface area (Å²) in [6.07, 6.45) is 7.34. The van der Waals surface area contributed by atoms with Gasteiger partial charge in [0.15, 0.2) is 0 Å². The first-order valence-electron chi connectivity index (χ1n) is 13.8. The number of hydrogen-bond acceptors (Lipinski definition) is 4. The van der Waals surface area contributed by atoms with Gasteiger partial charge < -0.3 is 34.9 Å². The van der Waals surface area contributed by atoms with Crippen LogP contribution in [0, 0.1) is 68.1 Å². The van der Waals surface area contributed by atoms with E-state index in [1.54, 1.807) is 0 Å². The van der Waals surface area contributed by atoms with Gasteiger partial charge in [-0.15, -0.1) is 13.1 Å². The van der Waals surface area contributed by atoms with Gasteiger partial charge in [-0.05, 0) is 85.5 Å². The molecule has 0 aliphatic heterocycles. The number of carbonyl (C=O) groups excluding carboxylic acids is 1. The van der Waals surface area contributed by atoms with E-state index in [0.717, 1.165) is 37.8 Å². The molecule has 0 heterocycles. The van der Waals surface area contributed by atoms with Gasteiger partial charge in [-0.1, -0.05) is 33.3 Å². The molecule has 4 rings (SSSR count). The van der Waals surface area contributed by atoms with Crippen molar-refractivity contribution in [2.24, 2.45) is 28.9 Å². The Morgan fingerprint density at radius 2 is 1.97 bits per heavy atom. The van der Waals surface area contributed by atoms with Crippen molar-refractivity contribution in [2.45, 2.75) is 89.7 Å². The maximum atomic E-state index is 12.6. The summed E-state index contributed by atoms with van der Waals surface area (Å²) in [6.45, 7) is 16.6. The van der Waals surface area contributed by atoms with Crippen molar-refractivity contribution in [1.82, 2.24) is 4.90 Å². The first-order chi connectivity index (χ1) is 16.6. The van der Waals surface area contributed by atoms with Gasteiger partial charge in [0.25, 0.3) is 0 Å². The molecule has 0 saturated heterocycles. The number of rotatable bonds is 9. The number of aliphatic hydroxyl groups excluding tert-OH is 1. The van der Waals surface area contributed by atoms with E-state index in [1.165, 1.54) is 24.0 Å². The van der Waals surface area contributed by atoms with Crippen LogP contribution in [0.5, 0.6) is 0 Å². The van der Waals surface area contributed by atoms with Gasteiger partial charge in [0, 0.05) is 60.7 Å². The second-order valence-electron chi connectivity index (χ2n) is 12.2. The molecule has 1 amide bonds. The molecule has 6 atom stereocenters. The normalized spacial score (nSPS) is 33.0. The zero-order chi connectivity index (χ0) is 25.4. The van der Waals surface area contributed by atoms with Gasteiger partial charge in [0.1, 0.15) is 0 Å². The fraction of sp³-hybridized carbons (Fsp3) is 0.700. The van der Waals surface area contributed by atoms with Crippen LogP contribution in [0.25, 0.3) is 0 Å². The van der Waals surface area contributed by atoms with Crippen LogP contribution in [0.4, 0.5) is 5.69 Å². The Labute approximate surface area is 243 Å². The maximum Gasteiger partial charge on any atom is 0.225 e. The predicted molar refractivity (Wildman–Crippen MR) is 144 cm³/mol. The van der Waals surface area contributed by atoms with E-state index >= 15 is 0 Å². The quantitative estimate of drug-likeness (QED) is 0.316. The van der Waals surface area contributed by atoms with Crippen molar-refractivity contribution in [2.75, 3.05) is 25.0 Å². The zero-order valence-electron chi connectivity index (χ0n) is 22.7. The van der Waals surface area contributed by atoms with E-state index in [2.05, 4.69) is 63.0 Å². The molecule has 200 valence electrons. The first-order valence-corrected chi connectivity index (χ1v) is 13.8. The third kappa shape index (κ3) is 5.64. The zero-order valence-corrected chi connectivity index (χ0v) is 26.9. The topological polar surface area (TPSA) is 78.6 Å². The summed E-state index contributed by atoms with van der Waals surface area (Å²) in [7, 11) is 0. The van der Waals surface area contributed by atoms with Crippen LogP contribution in [0.1, 0.15) is 82.8 Å². The van der Waals surface area contributed by atoms with E-state index in [4.69, 9.17) is 5.73 Å². The second kappa shape index (κ2) is 12.2. The number of amides is 1. The smallest absolute Gasteiger partial charge is 0.225 e. The number of hydrogen-bond donors (Lipinski definition) is 3. The summed E-state index contributed by atoms with van der Waals surface area (Å²) in [6, 6.07) is 6.53. The molecular weight excluding hydrogens is 672 g/mol. The summed E-state index contributed by atoms with van der Waals surface area (Å²) >= 11 is 0. The second-order valence-corrected chi connectivity index (χ2v) is 12.2. The molecule has 3 aliphatic carbocycles.